The molecule has 27 heavy (non-hydrogen) atoms. The number of alkyl halides is 3. The van der Waals surface area contributed by atoms with Gasteiger partial charge in [-0.2, -0.15) is 13.2 Å². The van der Waals surface area contributed by atoms with Crippen LogP contribution in [-0.4, -0.2) is 58.9 Å². The van der Waals surface area contributed by atoms with E-state index in [1.54, 1.807) is 29.2 Å². The summed E-state index contributed by atoms with van der Waals surface area (Å²) in [7, 11) is 2.01. The van der Waals surface area contributed by atoms with Gasteiger partial charge in [0.2, 0.25) is 5.95 Å². The number of benzene rings is 1. The molecule has 0 bridgehead atoms. The molecule has 1 amide bonds. The van der Waals surface area contributed by atoms with Crippen LogP contribution >= 0.6 is 11.6 Å². The number of likely N-dealkylation sites (N-methyl/N-ethyl adjacent to an activating group) is 1. The summed E-state index contributed by atoms with van der Waals surface area (Å²) in [6.07, 6.45) is -3.98. The highest BCUT2D eigenvalue weighted by Gasteiger charge is 2.34. The molecular weight excluding hydrogens is 383 g/mol. The van der Waals surface area contributed by atoms with E-state index in [-0.39, 0.29) is 11.9 Å². The number of nitrogens with one attached hydrogen (secondary N) is 1. The van der Waals surface area contributed by atoms with E-state index in [0.717, 1.165) is 13.1 Å². The highest BCUT2D eigenvalue weighted by Crippen LogP contribution is 2.33. The fourth-order valence-corrected chi connectivity index (χ4v) is 2.86. The minimum atomic E-state index is -4.61. The maximum Gasteiger partial charge on any atom is 0.420 e. The largest absolute Gasteiger partial charge is 0.420 e. The van der Waals surface area contributed by atoms with Gasteiger partial charge >= 0.3 is 6.18 Å². The lowest BCUT2D eigenvalue weighted by Crippen LogP contribution is -2.47. The van der Waals surface area contributed by atoms with Crippen LogP contribution in [0, 0.1) is 0 Å². The average Bonchev–Trinajstić information content (AvgIpc) is 2.61. The number of hydrogen-bond acceptors (Lipinski definition) is 5. The number of hydrogen-bond donors (Lipinski definition) is 1. The van der Waals surface area contributed by atoms with Crippen LogP contribution in [0.2, 0.25) is 5.15 Å². The normalized spacial score (nSPS) is 15.7. The monoisotopic (exact) mass is 399 g/mol. The predicted molar refractivity (Wildman–Crippen MR) is 95.2 cm³/mol. The van der Waals surface area contributed by atoms with Crippen molar-refractivity contribution in [2.45, 2.75) is 6.18 Å². The molecule has 1 saturated heterocycles. The number of anilines is 2. The van der Waals surface area contributed by atoms with Crippen LogP contribution in [0.25, 0.3) is 0 Å². The van der Waals surface area contributed by atoms with Crippen LogP contribution in [-0.2, 0) is 6.18 Å². The Bertz CT molecular complexity index is 820. The van der Waals surface area contributed by atoms with Gasteiger partial charge in [0.05, 0.1) is 0 Å². The molecule has 0 unspecified atom stereocenters. The molecule has 2 aromatic rings. The Morgan fingerprint density at radius 1 is 1.15 bits per heavy atom. The minimum absolute atomic E-state index is 0.0523. The van der Waals surface area contributed by atoms with E-state index < -0.39 is 16.9 Å². The molecule has 0 radical (unpaired) electrons. The van der Waals surface area contributed by atoms with Crippen molar-refractivity contribution in [2.24, 2.45) is 0 Å². The van der Waals surface area contributed by atoms with Gasteiger partial charge in [0, 0.05) is 43.6 Å². The molecule has 1 N–H and O–H groups in total. The van der Waals surface area contributed by atoms with Crippen molar-refractivity contribution in [1.29, 1.82) is 0 Å². The number of amides is 1. The summed E-state index contributed by atoms with van der Waals surface area (Å²) in [6.45, 7) is 3.01. The first-order valence-corrected chi connectivity index (χ1v) is 8.56. The minimum Gasteiger partial charge on any atom is -0.336 e. The maximum atomic E-state index is 12.7. The molecule has 1 aromatic carbocycles. The first-order valence-electron chi connectivity index (χ1n) is 8.18. The van der Waals surface area contributed by atoms with E-state index in [0.29, 0.717) is 30.5 Å². The van der Waals surface area contributed by atoms with Gasteiger partial charge in [-0.1, -0.05) is 11.6 Å². The second-order valence-electron chi connectivity index (χ2n) is 6.19. The zero-order valence-electron chi connectivity index (χ0n) is 14.4. The Hall–Kier alpha value is -2.39. The predicted octanol–water partition coefficient (Wildman–Crippen LogP) is 3.28. The van der Waals surface area contributed by atoms with Crippen molar-refractivity contribution >= 4 is 29.1 Å². The molecule has 1 aromatic heterocycles. The molecule has 1 fully saturated rings. The second-order valence-corrected chi connectivity index (χ2v) is 6.55. The molecule has 0 spiro atoms. The lowest BCUT2D eigenvalue weighted by Gasteiger charge is -2.32. The average molecular weight is 400 g/mol. The van der Waals surface area contributed by atoms with Crippen LogP contribution in [0.15, 0.2) is 30.5 Å². The van der Waals surface area contributed by atoms with Crippen LogP contribution in [0.5, 0.6) is 0 Å². The lowest BCUT2D eigenvalue weighted by molar-refractivity contribution is -0.137. The smallest absolute Gasteiger partial charge is 0.336 e. The van der Waals surface area contributed by atoms with E-state index >= 15 is 0 Å². The number of aromatic nitrogens is 2. The summed E-state index contributed by atoms with van der Waals surface area (Å²) in [5.41, 5.74) is -0.0277. The number of carbonyl (C=O) groups excluding carboxylic acids is 1. The van der Waals surface area contributed by atoms with Crippen molar-refractivity contribution in [2.75, 3.05) is 38.5 Å². The van der Waals surface area contributed by atoms with Crippen molar-refractivity contribution < 1.29 is 18.0 Å². The van der Waals surface area contributed by atoms with E-state index in [2.05, 4.69) is 20.2 Å². The summed E-state index contributed by atoms with van der Waals surface area (Å²) in [4.78, 5) is 23.7. The van der Waals surface area contributed by atoms with E-state index in [9.17, 15) is 18.0 Å². The molecule has 1 aliphatic heterocycles. The highest BCUT2D eigenvalue weighted by atomic mass is 35.5. The molecule has 0 atom stereocenters. The van der Waals surface area contributed by atoms with Gasteiger partial charge in [-0.15, -0.1) is 0 Å². The van der Waals surface area contributed by atoms with Crippen molar-refractivity contribution in [3.8, 4) is 0 Å². The summed E-state index contributed by atoms with van der Waals surface area (Å²) < 4.78 is 38.0. The molecular formula is C17H17ClF3N5O. The standard InChI is InChI=1S/C17H17ClF3N5O/c1-25-6-8-26(9-7-25)15(27)11-2-4-12(5-3-11)23-16-22-10-13(14(18)24-16)17(19,20)21/h2-5,10H,6-9H2,1H3,(H,22,23,24). The Labute approximate surface area is 159 Å². The zero-order chi connectivity index (χ0) is 19.6. The third kappa shape index (κ3) is 4.67. The topological polar surface area (TPSA) is 61.4 Å². The molecule has 6 nitrogen and oxygen atoms in total. The zero-order valence-corrected chi connectivity index (χ0v) is 15.2. The number of rotatable bonds is 3. The van der Waals surface area contributed by atoms with Crippen LogP contribution in [0.1, 0.15) is 15.9 Å². The van der Waals surface area contributed by atoms with Gasteiger partial charge in [-0.3, -0.25) is 4.79 Å². The van der Waals surface area contributed by atoms with Gasteiger partial charge in [-0.05, 0) is 31.3 Å². The Morgan fingerprint density at radius 2 is 1.78 bits per heavy atom. The van der Waals surface area contributed by atoms with Crippen molar-refractivity contribution in [3.05, 3.63) is 46.7 Å². The summed E-state index contributed by atoms with van der Waals surface area (Å²) in [5.74, 6) is -0.116. The van der Waals surface area contributed by atoms with Gasteiger partial charge in [-0.25, -0.2) is 9.97 Å². The summed E-state index contributed by atoms with van der Waals surface area (Å²) in [5, 5.41) is 2.09. The third-order valence-electron chi connectivity index (χ3n) is 4.23. The molecule has 1 aliphatic rings. The van der Waals surface area contributed by atoms with Crippen molar-refractivity contribution in [1.82, 2.24) is 19.8 Å². The van der Waals surface area contributed by atoms with Crippen molar-refractivity contribution in [3.63, 3.8) is 0 Å². The molecule has 10 heteroatoms. The number of halogens is 4. The quantitative estimate of drug-likeness (QED) is 0.803. The Morgan fingerprint density at radius 3 is 2.33 bits per heavy atom. The van der Waals surface area contributed by atoms with Gasteiger partial charge in [0.25, 0.3) is 5.91 Å². The number of carbonyl (C=O) groups is 1. The molecule has 0 saturated carbocycles. The van der Waals surface area contributed by atoms with Crippen LogP contribution < -0.4 is 5.32 Å². The molecule has 0 aliphatic carbocycles. The molecule has 3 rings (SSSR count). The number of piperazine rings is 1. The number of nitrogens with zero attached hydrogens (tertiary/aromatic N) is 4. The second kappa shape index (κ2) is 7.69. The molecule has 144 valence electrons. The first kappa shape index (κ1) is 19.4. The van der Waals surface area contributed by atoms with E-state index in [1.165, 1.54) is 0 Å². The lowest BCUT2D eigenvalue weighted by atomic mass is 10.1. The maximum absolute atomic E-state index is 12.7. The fraction of sp³-hybridized carbons (Fsp3) is 0.353. The van der Waals surface area contributed by atoms with E-state index in [4.69, 9.17) is 11.6 Å². The Kier molecular flexibility index (Phi) is 5.52. The van der Waals surface area contributed by atoms with Crippen LogP contribution in [0.3, 0.4) is 0 Å². The first-order chi connectivity index (χ1) is 12.7. The van der Waals surface area contributed by atoms with E-state index in [1.807, 2.05) is 7.05 Å². The van der Waals surface area contributed by atoms with Gasteiger partial charge in [0.15, 0.2) is 0 Å². The van der Waals surface area contributed by atoms with Gasteiger partial charge in [0.1, 0.15) is 10.7 Å². The summed E-state index contributed by atoms with van der Waals surface area (Å²) >= 11 is 5.58. The van der Waals surface area contributed by atoms with Gasteiger partial charge < -0.3 is 15.1 Å². The SMILES string of the molecule is CN1CCN(C(=O)c2ccc(Nc3ncc(C(F)(F)F)c(Cl)n3)cc2)CC1. The molecule has 2 heterocycles. The Balaban J connectivity index is 1.67. The third-order valence-corrected chi connectivity index (χ3v) is 4.51. The fourth-order valence-electron chi connectivity index (χ4n) is 2.63. The van der Waals surface area contributed by atoms with Crippen LogP contribution in [0.4, 0.5) is 24.8 Å². The highest BCUT2D eigenvalue weighted by molar-refractivity contribution is 6.30. The summed E-state index contributed by atoms with van der Waals surface area (Å²) in [6, 6.07) is 6.57.